The Morgan fingerprint density at radius 1 is 1.36 bits per heavy atom. The van der Waals surface area contributed by atoms with E-state index in [2.05, 4.69) is 0 Å². The quantitative estimate of drug-likeness (QED) is 0.589. The lowest BCUT2D eigenvalue weighted by atomic mass is 10.1. The van der Waals surface area contributed by atoms with Gasteiger partial charge < -0.3 is 9.47 Å². The van der Waals surface area contributed by atoms with E-state index in [0.29, 0.717) is 6.61 Å². The summed E-state index contributed by atoms with van der Waals surface area (Å²) >= 11 is 0. The van der Waals surface area contributed by atoms with Crippen LogP contribution in [-0.4, -0.2) is 19.6 Å². The van der Waals surface area contributed by atoms with Crippen molar-refractivity contribution in [2.45, 2.75) is 13.0 Å². The SMILES string of the molecule is CCOC(C(=N)OC)c1ccccc1. The first kappa shape index (κ1) is 10.7. The van der Waals surface area contributed by atoms with Crippen molar-refractivity contribution in [1.82, 2.24) is 0 Å². The molecule has 0 amide bonds. The van der Waals surface area contributed by atoms with Gasteiger partial charge in [-0.15, -0.1) is 0 Å². The second-order valence-corrected chi connectivity index (χ2v) is 2.81. The Kier molecular flexibility index (Phi) is 4.13. The Bertz CT molecular complexity index is 285. The number of rotatable bonds is 4. The summed E-state index contributed by atoms with van der Waals surface area (Å²) in [6.45, 7) is 2.46. The van der Waals surface area contributed by atoms with E-state index in [-0.39, 0.29) is 12.0 Å². The molecule has 1 rings (SSSR count). The molecule has 1 atom stereocenters. The van der Waals surface area contributed by atoms with Gasteiger partial charge in [0.1, 0.15) is 0 Å². The van der Waals surface area contributed by atoms with Gasteiger partial charge >= 0.3 is 0 Å². The molecule has 0 aliphatic rings. The van der Waals surface area contributed by atoms with Crippen LogP contribution in [0.25, 0.3) is 0 Å². The molecule has 0 heterocycles. The summed E-state index contributed by atoms with van der Waals surface area (Å²) in [7, 11) is 1.48. The molecule has 1 N–H and O–H groups in total. The Morgan fingerprint density at radius 2 is 2.00 bits per heavy atom. The van der Waals surface area contributed by atoms with Crippen molar-refractivity contribution in [2.75, 3.05) is 13.7 Å². The van der Waals surface area contributed by atoms with Crippen LogP contribution < -0.4 is 0 Å². The third-order valence-electron chi connectivity index (χ3n) is 1.89. The number of hydrogen-bond donors (Lipinski definition) is 1. The molecule has 0 fully saturated rings. The van der Waals surface area contributed by atoms with Gasteiger partial charge in [0.15, 0.2) is 6.10 Å². The zero-order chi connectivity index (χ0) is 10.4. The first-order valence-electron chi connectivity index (χ1n) is 4.58. The Morgan fingerprint density at radius 3 is 2.50 bits per heavy atom. The molecule has 1 aromatic carbocycles. The van der Waals surface area contributed by atoms with Crippen LogP contribution in [-0.2, 0) is 9.47 Å². The smallest absolute Gasteiger partial charge is 0.214 e. The van der Waals surface area contributed by atoms with Crippen LogP contribution in [0.4, 0.5) is 0 Å². The van der Waals surface area contributed by atoms with E-state index >= 15 is 0 Å². The third-order valence-corrected chi connectivity index (χ3v) is 1.89. The second kappa shape index (κ2) is 5.40. The predicted octanol–water partition coefficient (Wildman–Crippen LogP) is 2.39. The van der Waals surface area contributed by atoms with Gasteiger partial charge in [-0.3, -0.25) is 5.41 Å². The van der Waals surface area contributed by atoms with Gasteiger partial charge in [-0.1, -0.05) is 30.3 Å². The lowest BCUT2D eigenvalue weighted by molar-refractivity contribution is 0.0917. The fraction of sp³-hybridized carbons (Fsp3) is 0.364. The molecule has 3 nitrogen and oxygen atoms in total. The predicted molar refractivity (Wildman–Crippen MR) is 55.5 cm³/mol. The Labute approximate surface area is 84.2 Å². The van der Waals surface area contributed by atoms with Crippen molar-refractivity contribution in [1.29, 1.82) is 5.41 Å². The highest BCUT2D eigenvalue weighted by Gasteiger charge is 2.17. The fourth-order valence-electron chi connectivity index (χ4n) is 1.22. The third kappa shape index (κ3) is 2.57. The molecular formula is C11H15NO2. The first-order chi connectivity index (χ1) is 6.79. The largest absolute Gasteiger partial charge is 0.482 e. The molecule has 14 heavy (non-hydrogen) atoms. The summed E-state index contributed by atoms with van der Waals surface area (Å²) in [5.41, 5.74) is 0.946. The number of hydrogen-bond acceptors (Lipinski definition) is 3. The summed E-state index contributed by atoms with van der Waals surface area (Å²) in [5.74, 6) is 0.137. The average molecular weight is 193 g/mol. The van der Waals surface area contributed by atoms with Gasteiger partial charge in [-0.25, -0.2) is 0 Å². The molecule has 0 aliphatic heterocycles. The normalized spacial score (nSPS) is 12.1. The van der Waals surface area contributed by atoms with E-state index in [1.54, 1.807) is 0 Å². The second-order valence-electron chi connectivity index (χ2n) is 2.81. The molecule has 0 aliphatic carbocycles. The van der Waals surface area contributed by atoms with Crippen LogP contribution in [0.3, 0.4) is 0 Å². The molecule has 1 unspecified atom stereocenters. The van der Waals surface area contributed by atoms with Crippen LogP contribution >= 0.6 is 0 Å². The minimum absolute atomic E-state index is 0.137. The summed E-state index contributed by atoms with van der Waals surface area (Å²) in [4.78, 5) is 0. The molecule has 0 saturated carbocycles. The van der Waals surface area contributed by atoms with Crippen molar-refractivity contribution in [3.8, 4) is 0 Å². The summed E-state index contributed by atoms with van der Waals surface area (Å²) in [5, 5.41) is 7.59. The van der Waals surface area contributed by atoms with Crippen molar-refractivity contribution < 1.29 is 9.47 Å². The zero-order valence-electron chi connectivity index (χ0n) is 8.49. The van der Waals surface area contributed by atoms with Crippen LogP contribution in [0.1, 0.15) is 18.6 Å². The highest BCUT2D eigenvalue weighted by Crippen LogP contribution is 2.18. The first-order valence-corrected chi connectivity index (χ1v) is 4.58. The molecule has 0 radical (unpaired) electrons. The highest BCUT2D eigenvalue weighted by molar-refractivity contribution is 5.79. The van der Waals surface area contributed by atoms with Gasteiger partial charge in [-0.2, -0.15) is 0 Å². The maximum Gasteiger partial charge on any atom is 0.214 e. The maximum absolute atomic E-state index is 7.59. The van der Waals surface area contributed by atoms with Crippen LogP contribution in [0.15, 0.2) is 30.3 Å². The van der Waals surface area contributed by atoms with E-state index in [1.165, 1.54) is 7.11 Å². The Hall–Kier alpha value is -1.35. The monoisotopic (exact) mass is 193 g/mol. The van der Waals surface area contributed by atoms with Crippen molar-refractivity contribution in [2.24, 2.45) is 0 Å². The van der Waals surface area contributed by atoms with E-state index < -0.39 is 0 Å². The highest BCUT2D eigenvalue weighted by atomic mass is 16.5. The zero-order valence-corrected chi connectivity index (χ0v) is 8.49. The fourth-order valence-corrected chi connectivity index (χ4v) is 1.22. The molecule has 0 saturated heterocycles. The van der Waals surface area contributed by atoms with Crippen LogP contribution in [0, 0.1) is 5.41 Å². The molecule has 0 aromatic heterocycles. The maximum atomic E-state index is 7.59. The summed E-state index contributed by atoms with van der Waals surface area (Å²) < 4.78 is 10.3. The van der Waals surface area contributed by atoms with Gasteiger partial charge in [-0.05, 0) is 12.5 Å². The van der Waals surface area contributed by atoms with Gasteiger partial charge in [0.05, 0.1) is 7.11 Å². The molecule has 76 valence electrons. The van der Waals surface area contributed by atoms with Gasteiger partial charge in [0.25, 0.3) is 0 Å². The standard InChI is InChI=1S/C11H15NO2/c1-3-14-10(11(12)13-2)9-7-5-4-6-8-9/h4-8,10,12H,3H2,1-2H3. The lowest BCUT2D eigenvalue weighted by Gasteiger charge is -2.16. The van der Waals surface area contributed by atoms with Crippen LogP contribution in [0.2, 0.25) is 0 Å². The summed E-state index contributed by atoms with van der Waals surface area (Å²) in [6.07, 6.45) is -0.383. The van der Waals surface area contributed by atoms with E-state index in [4.69, 9.17) is 14.9 Å². The number of benzene rings is 1. The minimum Gasteiger partial charge on any atom is -0.482 e. The van der Waals surface area contributed by atoms with Crippen LogP contribution in [0.5, 0.6) is 0 Å². The van der Waals surface area contributed by atoms with E-state index in [9.17, 15) is 0 Å². The van der Waals surface area contributed by atoms with Crippen molar-refractivity contribution in [3.05, 3.63) is 35.9 Å². The molecule has 0 spiro atoms. The minimum atomic E-state index is -0.383. The van der Waals surface area contributed by atoms with Gasteiger partial charge in [0, 0.05) is 6.61 Å². The number of ether oxygens (including phenoxy) is 2. The Balaban J connectivity index is 2.83. The lowest BCUT2D eigenvalue weighted by Crippen LogP contribution is -2.16. The molecule has 3 heteroatoms. The number of nitrogens with one attached hydrogen (secondary N) is 1. The summed E-state index contributed by atoms with van der Waals surface area (Å²) in [6, 6.07) is 9.62. The van der Waals surface area contributed by atoms with E-state index in [1.807, 2.05) is 37.3 Å². The molecule has 0 bridgehead atoms. The van der Waals surface area contributed by atoms with Crippen molar-refractivity contribution in [3.63, 3.8) is 0 Å². The topological polar surface area (TPSA) is 42.3 Å². The average Bonchev–Trinajstić information content (AvgIpc) is 2.26. The van der Waals surface area contributed by atoms with Crippen molar-refractivity contribution >= 4 is 5.90 Å². The van der Waals surface area contributed by atoms with Gasteiger partial charge in [0.2, 0.25) is 5.90 Å². The van der Waals surface area contributed by atoms with E-state index in [0.717, 1.165) is 5.56 Å². The number of methoxy groups -OCH3 is 1. The molecular weight excluding hydrogens is 178 g/mol. The molecule has 1 aromatic rings.